The zero-order chi connectivity index (χ0) is 15.1. The number of amides is 1. The summed E-state index contributed by atoms with van der Waals surface area (Å²) in [5, 5.41) is 0.710. The Morgan fingerprint density at radius 3 is 2.35 bits per heavy atom. The van der Waals surface area contributed by atoms with Gasteiger partial charge >= 0.3 is 0 Å². The number of aromatic nitrogens is 1. The summed E-state index contributed by atoms with van der Waals surface area (Å²) < 4.78 is 25.3. The molecule has 0 unspecified atom stereocenters. The van der Waals surface area contributed by atoms with Crippen molar-refractivity contribution in [1.29, 1.82) is 0 Å². The summed E-state index contributed by atoms with van der Waals surface area (Å²) in [6.45, 7) is 0. The summed E-state index contributed by atoms with van der Waals surface area (Å²) in [6.07, 6.45) is 1.60. The number of benzene rings is 1. The Morgan fingerprint density at radius 1 is 1.15 bits per heavy atom. The highest BCUT2D eigenvalue weighted by molar-refractivity contribution is 7.89. The third kappa shape index (κ3) is 2.30. The summed E-state index contributed by atoms with van der Waals surface area (Å²) in [4.78, 5) is 16.6. The van der Waals surface area contributed by atoms with Crippen LogP contribution in [0.3, 0.4) is 0 Å². The van der Waals surface area contributed by atoms with Crippen molar-refractivity contribution in [2.75, 3.05) is 28.2 Å². The normalized spacial score (nSPS) is 12.1. The van der Waals surface area contributed by atoms with Gasteiger partial charge in [-0.1, -0.05) is 6.07 Å². The summed E-state index contributed by atoms with van der Waals surface area (Å²) in [7, 11) is 2.83. The predicted octanol–water partition coefficient (Wildman–Crippen LogP) is 1.12. The molecule has 2 aromatic rings. The first-order valence-electron chi connectivity index (χ1n) is 6.00. The molecule has 0 fully saturated rings. The maximum atomic E-state index is 12.1. The summed E-state index contributed by atoms with van der Waals surface area (Å²) in [5.41, 5.74) is 1.15. The van der Waals surface area contributed by atoms with Gasteiger partial charge in [0.25, 0.3) is 5.91 Å². The largest absolute Gasteiger partial charge is 0.360 e. The lowest BCUT2D eigenvalue weighted by atomic mass is 10.1. The van der Waals surface area contributed by atoms with Gasteiger partial charge in [-0.25, -0.2) is 12.7 Å². The zero-order valence-corrected chi connectivity index (χ0v) is 12.7. The van der Waals surface area contributed by atoms with Gasteiger partial charge in [0.2, 0.25) is 10.0 Å². The molecule has 1 amide bonds. The minimum atomic E-state index is -3.48. The minimum Gasteiger partial charge on any atom is -0.360 e. The Morgan fingerprint density at radius 2 is 1.80 bits per heavy atom. The maximum Gasteiger partial charge on any atom is 0.255 e. The number of hydrogen-bond acceptors (Lipinski definition) is 3. The number of sulfonamides is 1. The van der Waals surface area contributed by atoms with E-state index in [0.29, 0.717) is 16.5 Å². The molecule has 0 bridgehead atoms. The Balaban J connectivity index is 2.57. The van der Waals surface area contributed by atoms with E-state index in [4.69, 9.17) is 0 Å². The van der Waals surface area contributed by atoms with Gasteiger partial charge in [0.15, 0.2) is 0 Å². The smallest absolute Gasteiger partial charge is 0.255 e. The molecule has 6 nitrogen and oxygen atoms in total. The van der Waals surface area contributed by atoms with E-state index < -0.39 is 10.0 Å². The number of H-pyrrole nitrogens is 1. The molecule has 0 saturated heterocycles. The van der Waals surface area contributed by atoms with Gasteiger partial charge in [-0.3, -0.25) is 4.79 Å². The van der Waals surface area contributed by atoms with E-state index in [9.17, 15) is 13.2 Å². The van der Waals surface area contributed by atoms with Gasteiger partial charge in [0, 0.05) is 45.3 Å². The Hall–Kier alpha value is -1.86. The van der Waals surface area contributed by atoms with Crippen LogP contribution >= 0.6 is 0 Å². The minimum absolute atomic E-state index is 0.125. The van der Waals surface area contributed by atoms with Crippen LogP contribution in [0.2, 0.25) is 0 Å². The Kier molecular flexibility index (Phi) is 3.58. The van der Waals surface area contributed by atoms with Crippen molar-refractivity contribution >= 4 is 26.8 Å². The van der Waals surface area contributed by atoms with Crippen molar-refractivity contribution in [3.05, 3.63) is 30.0 Å². The molecule has 0 saturated carbocycles. The van der Waals surface area contributed by atoms with Crippen molar-refractivity contribution in [1.82, 2.24) is 14.2 Å². The second-order valence-corrected chi connectivity index (χ2v) is 7.05. The van der Waals surface area contributed by atoms with Gasteiger partial charge in [-0.15, -0.1) is 0 Å². The third-order valence-corrected chi connectivity index (χ3v) is 4.88. The first kappa shape index (κ1) is 14.5. The summed E-state index contributed by atoms with van der Waals surface area (Å²) >= 11 is 0. The number of nitrogens with zero attached hydrogens (tertiary/aromatic N) is 2. The standard InChI is InChI=1S/C13H17N3O3S/c1-15(2)13(17)11-8-14-12-7-9(5-6-10(11)12)20(18,19)16(3)4/h5-8,14H,1-4H3. The quantitative estimate of drug-likeness (QED) is 0.922. The van der Waals surface area contributed by atoms with E-state index in [2.05, 4.69) is 4.98 Å². The molecule has 0 aliphatic rings. The van der Waals surface area contributed by atoms with Crippen molar-refractivity contribution in [3.8, 4) is 0 Å². The molecule has 1 aromatic carbocycles. The molecule has 1 aromatic heterocycles. The van der Waals surface area contributed by atoms with Crippen LogP contribution in [0.1, 0.15) is 10.4 Å². The van der Waals surface area contributed by atoms with Gasteiger partial charge in [-0.05, 0) is 12.1 Å². The highest BCUT2D eigenvalue weighted by Gasteiger charge is 2.19. The topological polar surface area (TPSA) is 73.5 Å². The van der Waals surface area contributed by atoms with E-state index in [1.54, 1.807) is 26.4 Å². The van der Waals surface area contributed by atoms with Crippen molar-refractivity contribution in [2.24, 2.45) is 0 Å². The van der Waals surface area contributed by atoms with Crippen LogP contribution < -0.4 is 0 Å². The molecule has 1 N–H and O–H groups in total. The van der Waals surface area contributed by atoms with Crippen molar-refractivity contribution < 1.29 is 13.2 Å². The molecule has 0 atom stereocenters. The van der Waals surface area contributed by atoms with E-state index in [0.717, 1.165) is 4.31 Å². The molecule has 7 heteroatoms. The van der Waals surface area contributed by atoms with Crippen LogP contribution in [0.25, 0.3) is 10.9 Å². The molecular formula is C13H17N3O3S. The fraction of sp³-hybridized carbons (Fsp3) is 0.308. The predicted molar refractivity (Wildman–Crippen MR) is 77.2 cm³/mol. The van der Waals surface area contributed by atoms with Gasteiger partial charge in [0.05, 0.1) is 10.5 Å². The lowest BCUT2D eigenvalue weighted by Gasteiger charge is -2.11. The molecule has 108 valence electrons. The fourth-order valence-corrected chi connectivity index (χ4v) is 2.82. The molecule has 20 heavy (non-hydrogen) atoms. The molecule has 2 rings (SSSR count). The van der Waals surface area contributed by atoms with E-state index in [1.165, 1.54) is 31.1 Å². The number of carbonyl (C=O) groups excluding carboxylic acids is 1. The Labute approximate surface area is 118 Å². The zero-order valence-electron chi connectivity index (χ0n) is 11.8. The monoisotopic (exact) mass is 295 g/mol. The second-order valence-electron chi connectivity index (χ2n) is 4.90. The number of nitrogens with one attached hydrogen (secondary N) is 1. The molecule has 0 aliphatic carbocycles. The highest BCUT2D eigenvalue weighted by Crippen LogP contribution is 2.23. The summed E-state index contributed by atoms with van der Waals surface area (Å²) in [6, 6.07) is 4.70. The average Bonchev–Trinajstić information content (AvgIpc) is 2.80. The van der Waals surface area contributed by atoms with E-state index in [1.807, 2.05) is 0 Å². The van der Waals surface area contributed by atoms with Gasteiger partial charge in [0.1, 0.15) is 0 Å². The van der Waals surface area contributed by atoms with Crippen LogP contribution in [0.15, 0.2) is 29.3 Å². The number of fused-ring (bicyclic) bond motifs is 1. The van der Waals surface area contributed by atoms with Crippen LogP contribution in [0.4, 0.5) is 0 Å². The average molecular weight is 295 g/mol. The second kappa shape index (κ2) is 4.92. The van der Waals surface area contributed by atoms with Crippen LogP contribution in [-0.2, 0) is 10.0 Å². The number of carbonyl (C=O) groups is 1. The van der Waals surface area contributed by atoms with E-state index in [-0.39, 0.29) is 10.8 Å². The van der Waals surface area contributed by atoms with Crippen LogP contribution in [-0.4, -0.2) is 56.7 Å². The van der Waals surface area contributed by atoms with Gasteiger partial charge in [-0.2, -0.15) is 0 Å². The highest BCUT2D eigenvalue weighted by atomic mass is 32.2. The maximum absolute atomic E-state index is 12.1. The fourth-order valence-electron chi connectivity index (χ4n) is 1.89. The van der Waals surface area contributed by atoms with Gasteiger partial charge < -0.3 is 9.88 Å². The molecule has 0 spiro atoms. The SMILES string of the molecule is CN(C)C(=O)c1c[nH]c2cc(S(=O)(=O)N(C)C)ccc12. The lowest BCUT2D eigenvalue weighted by molar-refractivity contribution is 0.0829. The summed E-state index contributed by atoms with van der Waals surface area (Å²) in [5.74, 6) is -0.125. The first-order chi connectivity index (χ1) is 9.25. The molecule has 0 radical (unpaired) electrons. The first-order valence-corrected chi connectivity index (χ1v) is 7.44. The number of aromatic amines is 1. The molecular weight excluding hydrogens is 278 g/mol. The third-order valence-electron chi connectivity index (χ3n) is 3.07. The lowest BCUT2D eigenvalue weighted by Crippen LogP contribution is -2.22. The van der Waals surface area contributed by atoms with Crippen molar-refractivity contribution in [3.63, 3.8) is 0 Å². The number of hydrogen-bond donors (Lipinski definition) is 1. The molecule has 0 aliphatic heterocycles. The molecule has 1 heterocycles. The van der Waals surface area contributed by atoms with Crippen LogP contribution in [0.5, 0.6) is 0 Å². The van der Waals surface area contributed by atoms with Crippen molar-refractivity contribution in [2.45, 2.75) is 4.90 Å². The van der Waals surface area contributed by atoms with E-state index >= 15 is 0 Å². The Bertz CT molecular complexity index is 760. The van der Waals surface area contributed by atoms with Crippen LogP contribution in [0, 0.1) is 0 Å². The number of rotatable bonds is 3.